The van der Waals surface area contributed by atoms with Crippen LogP contribution in [0, 0.1) is 12.7 Å². The number of aromatic nitrogens is 2. The number of nitrogens with zero attached hydrogens (tertiary/aromatic N) is 2. The number of hydrogen-bond donors (Lipinski definition) is 0. The Morgan fingerprint density at radius 2 is 1.97 bits per heavy atom. The lowest BCUT2D eigenvalue weighted by Gasteiger charge is -2.06. The molecule has 0 saturated carbocycles. The molecule has 0 aliphatic rings. The highest BCUT2D eigenvalue weighted by Crippen LogP contribution is 2.28. The van der Waals surface area contributed by atoms with Crippen LogP contribution in [0.1, 0.15) is 17.0 Å². The van der Waals surface area contributed by atoms with Crippen molar-refractivity contribution in [3.05, 3.63) is 82.6 Å². The molecule has 0 aliphatic carbocycles. The maximum absolute atomic E-state index is 13.5. The Morgan fingerprint density at radius 3 is 2.68 bits per heavy atom. The van der Waals surface area contributed by atoms with E-state index in [1.165, 1.54) is 18.3 Å². The summed E-state index contributed by atoms with van der Waals surface area (Å²) in [6, 6.07) is 13.0. The Hall–Kier alpha value is -2.97. The van der Waals surface area contributed by atoms with Crippen molar-refractivity contribution in [2.24, 2.45) is 0 Å². The van der Waals surface area contributed by atoms with Crippen molar-refractivity contribution in [3.63, 3.8) is 0 Å². The molecule has 0 saturated heterocycles. The van der Waals surface area contributed by atoms with E-state index in [-0.39, 0.29) is 16.3 Å². The predicted molar refractivity (Wildman–Crippen MR) is 114 cm³/mol. The summed E-state index contributed by atoms with van der Waals surface area (Å²) in [6.07, 6.45) is 1.38. The minimum atomic E-state index is -3.90. The predicted octanol–water partition coefficient (Wildman–Crippen LogP) is 4.36. The summed E-state index contributed by atoms with van der Waals surface area (Å²) in [5.74, 6) is -1.09. The van der Waals surface area contributed by atoms with Crippen LogP contribution in [-0.2, 0) is 27.6 Å². The molecule has 0 radical (unpaired) electrons. The molecule has 4 aromatic rings. The zero-order valence-corrected chi connectivity index (χ0v) is 18.1. The number of sulfone groups is 1. The third kappa shape index (κ3) is 4.55. The number of hydrogen-bond acceptors (Lipinski definition) is 5. The SMILES string of the molecule is Cc1cc(CC(=O)CS(=O)(=O)c2cn(Cc3ccc(F)c(Cl)c3)c3ccccc23)no1. The highest BCUT2D eigenvalue weighted by molar-refractivity contribution is 7.92. The summed E-state index contributed by atoms with van der Waals surface area (Å²) in [7, 11) is -3.90. The van der Waals surface area contributed by atoms with Crippen molar-refractivity contribution in [1.82, 2.24) is 9.72 Å². The Bertz CT molecular complexity index is 1390. The van der Waals surface area contributed by atoms with E-state index in [0.717, 1.165) is 0 Å². The van der Waals surface area contributed by atoms with Crippen LogP contribution in [0.5, 0.6) is 0 Å². The summed E-state index contributed by atoms with van der Waals surface area (Å²) in [6.45, 7) is 1.99. The van der Waals surface area contributed by atoms with E-state index < -0.39 is 27.2 Å². The van der Waals surface area contributed by atoms with Crippen LogP contribution < -0.4 is 0 Å². The first-order chi connectivity index (χ1) is 14.7. The molecule has 160 valence electrons. The summed E-state index contributed by atoms with van der Waals surface area (Å²) in [5.41, 5.74) is 1.79. The molecule has 2 heterocycles. The Balaban J connectivity index is 1.65. The number of carbonyl (C=O) groups is 1. The first kappa shape index (κ1) is 21.3. The fourth-order valence-corrected chi connectivity index (χ4v) is 5.15. The van der Waals surface area contributed by atoms with Gasteiger partial charge in [-0.15, -0.1) is 0 Å². The lowest BCUT2D eigenvalue weighted by Crippen LogP contribution is -2.18. The van der Waals surface area contributed by atoms with Gasteiger partial charge in [-0.3, -0.25) is 4.79 Å². The van der Waals surface area contributed by atoms with Gasteiger partial charge in [-0.05, 0) is 30.7 Å². The van der Waals surface area contributed by atoms with Crippen LogP contribution >= 0.6 is 11.6 Å². The number of benzene rings is 2. The highest BCUT2D eigenvalue weighted by atomic mass is 35.5. The molecule has 6 nitrogen and oxygen atoms in total. The normalized spacial score (nSPS) is 11.8. The third-order valence-electron chi connectivity index (χ3n) is 4.83. The largest absolute Gasteiger partial charge is 0.361 e. The highest BCUT2D eigenvalue weighted by Gasteiger charge is 2.25. The van der Waals surface area contributed by atoms with Gasteiger partial charge in [0.15, 0.2) is 15.6 Å². The maximum atomic E-state index is 13.5. The van der Waals surface area contributed by atoms with Crippen LogP contribution in [0.4, 0.5) is 4.39 Å². The second-order valence-electron chi connectivity index (χ2n) is 7.29. The van der Waals surface area contributed by atoms with Gasteiger partial charge in [0.05, 0.1) is 22.0 Å². The van der Waals surface area contributed by atoms with Gasteiger partial charge in [0.1, 0.15) is 17.3 Å². The molecule has 4 rings (SSSR count). The smallest absolute Gasteiger partial charge is 0.187 e. The minimum Gasteiger partial charge on any atom is -0.361 e. The van der Waals surface area contributed by atoms with Crippen molar-refractivity contribution in [2.75, 3.05) is 5.75 Å². The third-order valence-corrected chi connectivity index (χ3v) is 6.82. The number of aryl methyl sites for hydroxylation is 1. The lowest BCUT2D eigenvalue weighted by atomic mass is 10.2. The van der Waals surface area contributed by atoms with Gasteiger partial charge in [0, 0.05) is 29.7 Å². The molecule has 0 unspecified atom stereocenters. The number of Topliss-reactive ketones (excluding diaryl/α,β-unsaturated/α-hetero) is 1. The maximum Gasteiger partial charge on any atom is 0.187 e. The quantitative estimate of drug-likeness (QED) is 0.409. The van der Waals surface area contributed by atoms with Gasteiger partial charge < -0.3 is 9.09 Å². The summed E-state index contributed by atoms with van der Waals surface area (Å²) in [5, 5.41) is 4.25. The van der Waals surface area contributed by atoms with Gasteiger partial charge >= 0.3 is 0 Å². The summed E-state index contributed by atoms with van der Waals surface area (Å²) >= 11 is 5.87. The summed E-state index contributed by atoms with van der Waals surface area (Å²) in [4.78, 5) is 12.5. The van der Waals surface area contributed by atoms with Gasteiger partial charge in [-0.2, -0.15) is 0 Å². The number of carbonyl (C=O) groups excluding carboxylic acids is 1. The van der Waals surface area contributed by atoms with Crippen LogP contribution in [0.3, 0.4) is 0 Å². The Kier molecular flexibility index (Phi) is 5.68. The van der Waals surface area contributed by atoms with Gasteiger partial charge in [0.25, 0.3) is 0 Å². The molecule has 31 heavy (non-hydrogen) atoms. The molecule has 0 bridgehead atoms. The van der Waals surface area contributed by atoms with Crippen molar-refractivity contribution < 1.29 is 22.1 Å². The average molecular weight is 461 g/mol. The molecule has 0 aliphatic heterocycles. The molecule has 2 aromatic heterocycles. The topological polar surface area (TPSA) is 82.2 Å². The number of para-hydroxylation sites is 1. The fourth-order valence-electron chi connectivity index (χ4n) is 3.47. The molecule has 0 fully saturated rings. The minimum absolute atomic E-state index is 0.00417. The van der Waals surface area contributed by atoms with Crippen LogP contribution in [0.25, 0.3) is 10.9 Å². The van der Waals surface area contributed by atoms with Crippen molar-refractivity contribution in [3.8, 4) is 0 Å². The molecule has 0 spiro atoms. The second-order valence-corrected chi connectivity index (χ2v) is 9.66. The van der Waals surface area contributed by atoms with E-state index in [0.29, 0.717) is 34.5 Å². The van der Waals surface area contributed by atoms with E-state index in [1.54, 1.807) is 47.9 Å². The van der Waals surface area contributed by atoms with Gasteiger partial charge in [-0.1, -0.05) is 41.0 Å². The molecular formula is C22H18ClFN2O4S. The van der Waals surface area contributed by atoms with E-state index in [4.69, 9.17) is 16.1 Å². The van der Waals surface area contributed by atoms with Crippen LogP contribution in [-0.4, -0.2) is 29.7 Å². The zero-order valence-electron chi connectivity index (χ0n) is 16.5. The second kappa shape index (κ2) is 8.28. The Morgan fingerprint density at radius 1 is 1.19 bits per heavy atom. The van der Waals surface area contributed by atoms with E-state index >= 15 is 0 Å². The van der Waals surface area contributed by atoms with Gasteiger partial charge in [-0.25, -0.2) is 12.8 Å². The first-order valence-corrected chi connectivity index (χ1v) is 11.4. The van der Waals surface area contributed by atoms with Crippen molar-refractivity contribution >= 4 is 38.1 Å². The Labute approximate surface area is 183 Å². The molecule has 0 amide bonds. The summed E-state index contributed by atoms with van der Waals surface area (Å²) < 4.78 is 46.3. The monoisotopic (exact) mass is 460 g/mol. The number of ketones is 1. The fraction of sp³-hybridized carbons (Fsp3) is 0.182. The van der Waals surface area contributed by atoms with Crippen molar-refractivity contribution in [2.45, 2.75) is 24.8 Å². The molecule has 0 N–H and O–H groups in total. The molecule has 2 aromatic carbocycles. The first-order valence-electron chi connectivity index (χ1n) is 9.41. The van der Waals surface area contributed by atoms with E-state index in [9.17, 15) is 17.6 Å². The zero-order chi connectivity index (χ0) is 22.2. The van der Waals surface area contributed by atoms with Gasteiger partial charge in [0.2, 0.25) is 0 Å². The number of rotatable bonds is 7. The van der Waals surface area contributed by atoms with Crippen LogP contribution in [0.15, 0.2) is 64.1 Å². The average Bonchev–Trinajstić information content (AvgIpc) is 3.28. The molecule has 0 atom stereocenters. The number of fused-ring (bicyclic) bond motifs is 1. The van der Waals surface area contributed by atoms with Crippen molar-refractivity contribution in [1.29, 1.82) is 0 Å². The molecule has 9 heteroatoms. The van der Waals surface area contributed by atoms with E-state index in [2.05, 4.69) is 5.16 Å². The van der Waals surface area contributed by atoms with Crippen LogP contribution in [0.2, 0.25) is 5.02 Å². The number of halogens is 2. The molecular weight excluding hydrogens is 443 g/mol. The standard InChI is InChI=1S/C22H18ClFN2O4S/c1-14-8-16(25-30-14)10-17(27)13-31(28,29)22-12-26(21-5-3-2-4-18(21)22)11-15-6-7-20(24)19(23)9-15/h2-9,12H,10-11,13H2,1H3. The lowest BCUT2D eigenvalue weighted by molar-refractivity contribution is -0.116. The van der Waals surface area contributed by atoms with E-state index in [1.807, 2.05) is 0 Å².